The van der Waals surface area contributed by atoms with Gasteiger partial charge in [0.05, 0.1) is 5.71 Å². The van der Waals surface area contributed by atoms with Gasteiger partial charge in [-0.2, -0.15) is 4.31 Å². The summed E-state index contributed by atoms with van der Waals surface area (Å²) < 4.78 is 39.8. The second-order valence-electron chi connectivity index (χ2n) is 4.74. The summed E-state index contributed by atoms with van der Waals surface area (Å²) in [5.41, 5.74) is 0.604. The van der Waals surface area contributed by atoms with Crippen molar-refractivity contribution in [2.45, 2.75) is 24.7 Å². The molecule has 0 spiro atoms. The van der Waals surface area contributed by atoms with E-state index in [1.54, 1.807) is 0 Å². The zero-order valence-corrected chi connectivity index (χ0v) is 12.0. The van der Waals surface area contributed by atoms with Gasteiger partial charge in [-0.25, -0.2) is 12.8 Å². The zero-order chi connectivity index (χ0) is 14.8. The summed E-state index contributed by atoms with van der Waals surface area (Å²) >= 11 is 0. The Morgan fingerprint density at radius 2 is 2.15 bits per heavy atom. The van der Waals surface area contributed by atoms with Crippen LogP contribution >= 0.6 is 0 Å². The summed E-state index contributed by atoms with van der Waals surface area (Å²) in [4.78, 5) is -0.306. The molecule has 0 aromatic heterocycles. The van der Waals surface area contributed by atoms with Gasteiger partial charge in [0, 0.05) is 25.4 Å². The number of halogens is 1. The number of benzene rings is 1. The summed E-state index contributed by atoms with van der Waals surface area (Å²) in [7, 11) is -3.85. The van der Waals surface area contributed by atoms with Crippen molar-refractivity contribution in [3.63, 3.8) is 0 Å². The Morgan fingerprint density at radius 1 is 1.45 bits per heavy atom. The Morgan fingerprint density at radius 3 is 2.75 bits per heavy atom. The van der Waals surface area contributed by atoms with Crippen LogP contribution in [-0.4, -0.2) is 36.7 Å². The number of nitrogens with zero attached hydrogens (tertiary/aromatic N) is 2. The summed E-state index contributed by atoms with van der Waals surface area (Å²) in [5.74, 6) is -0.877. The summed E-state index contributed by atoms with van der Waals surface area (Å²) in [5, 5.41) is 12.1. The fourth-order valence-corrected chi connectivity index (χ4v) is 3.94. The molecule has 5 nitrogen and oxygen atoms in total. The van der Waals surface area contributed by atoms with E-state index >= 15 is 0 Å². The van der Waals surface area contributed by atoms with Crippen LogP contribution in [0.5, 0.6) is 0 Å². The standard InChI is InChI=1S/C13H17FN2O3S/c1-2-10-9-16(8-7-12(10)15-17)20(18,19)13-6-4-3-5-11(13)14/h3-6,10,17H,2,7-9H2,1H3/b15-12+. The molecule has 0 bridgehead atoms. The first-order chi connectivity index (χ1) is 9.50. The molecule has 2 rings (SSSR count). The fourth-order valence-electron chi connectivity index (χ4n) is 2.39. The van der Waals surface area contributed by atoms with Crippen molar-refractivity contribution in [3.8, 4) is 0 Å². The third-order valence-electron chi connectivity index (χ3n) is 3.59. The molecule has 1 heterocycles. The van der Waals surface area contributed by atoms with Crippen LogP contribution in [0.4, 0.5) is 4.39 Å². The monoisotopic (exact) mass is 300 g/mol. The van der Waals surface area contributed by atoms with Gasteiger partial charge in [0.2, 0.25) is 10.0 Å². The van der Waals surface area contributed by atoms with Crippen molar-refractivity contribution in [3.05, 3.63) is 30.1 Å². The fraction of sp³-hybridized carbons (Fsp3) is 0.462. The number of sulfonamides is 1. The summed E-state index contributed by atoms with van der Waals surface area (Å²) in [6.07, 6.45) is 1.03. The van der Waals surface area contributed by atoms with Gasteiger partial charge in [-0.1, -0.05) is 24.2 Å². The molecule has 7 heteroatoms. The molecule has 1 atom stereocenters. The average molecular weight is 300 g/mol. The minimum absolute atomic E-state index is 0.129. The second kappa shape index (κ2) is 5.88. The maximum Gasteiger partial charge on any atom is 0.246 e. The molecular weight excluding hydrogens is 283 g/mol. The third-order valence-corrected chi connectivity index (χ3v) is 5.49. The summed E-state index contributed by atoms with van der Waals surface area (Å²) in [6, 6.07) is 5.35. The van der Waals surface area contributed by atoms with Gasteiger partial charge < -0.3 is 5.21 Å². The maximum absolute atomic E-state index is 13.7. The molecule has 0 radical (unpaired) electrons. The molecule has 1 aromatic carbocycles. The van der Waals surface area contributed by atoms with Gasteiger partial charge >= 0.3 is 0 Å². The highest BCUT2D eigenvalue weighted by molar-refractivity contribution is 7.89. The van der Waals surface area contributed by atoms with Crippen LogP contribution in [0.15, 0.2) is 34.3 Å². The highest BCUT2D eigenvalue weighted by Gasteiger charge is 2.34. The second-order valence-corrected chi connectivity index (χ2v) is 6.65. The first-order valence-corrected chi connectivity index (χ1v) is 7.90. The van der Waals surface area contributed by atoms with E-state index in [2.05, 4.69) is 5.16 Å². The first kappa shape index (κ1) is 14.9. The molecule has 110 valence electrons. The smallest absolute Gasteiger partial charge is 0.246 e. The number of piperidine rings is 1. The number of oxime groups is 1. The normalized spacial score (nSPS) is 23.1. The van der Waals surface area contributed by atoms with Crippen molar-refractivity contribution in [1.82, 2.24) is 4.31 Å². The maximum atomic E-state index is 13.7. The van der Waals surface area contributed by atoms with Gasteiger partial charge in [-0.3, -0.25) is 0 Å². The Bertz CT molecular complexity index is 616. The minimum Gasteiger partial charge on any atom is -0.411 e. The van der Waals surface area contributed by atoms with E-state index < -0.39 is 15.8 Å². The Kier molecular flexibility index (Phi) is 4.39. The molecular formula is C13H17FN2O3S. The van der Waals surface area contributed by atoms with E-state index in [-0.39, 0.29) is 23.9 Å². The number of rotatable bonds is 3. The van der Waals surface area contributed by atoms with Gasteiger partial charge in [-0.05, 0) is 18.6 Å². The van der Waals surface area contributed by atoms with Gasteiger partial charge in [-0.15, -0.1) is 0 Å². The third kappa shape index (κ3) is 2.69. The van der Waals surface area contributed by atoms with Crippen LogP contribution < -0.4 is 0 Å². The lowest BCUT2D eigenvalue weighted by Gasteiger charge is -2.32. The zero-order valence-electron chi connectivity index (χ0n) is 11.2. The largest absolute Gasteiger partial charge is 0.411 e. The van der Waals surface area contributed by atoms with Crippen LogP contribution in [0.3, 0.4) is 0 Å². The number of hydrogen-bond donors (Lipinski definition) is 1. The number of hydrogen-bond acceptors (Lipinski definition) is 4. The van der Waals surface area contributed by atoms with Crippen molar-refractivity contribution in [2.75, 3.05) is 13.1 Å². The lowest BCUT2D eigenvalue weighted by atomic mass is 9.95. The Labute approximate surface area is 117 Å². The van der Waals surface area contributed by atoms with Crippen LogP contribution in [0.25, 0.3) is 0 Å². The SMILES string of the molecule is CCC1CN(S(=O)(=O)c2ccccc2F)CC/C1=N\O. The van der Waals surface area contributed by atoms with Crippen molar-refractivity contribution >= 4 is 15.7 Å². The topological polar surface area (TPSA) is 70.0 Å². The molecule has 1 fully saturated rings. The Balaban J connectivity index is 2.30. The predicted molar refractivity (Wildman–Crippen MR) is 72.8 cm³/mol. The van der Waals surface area contributed by atoms with Gasteiger partial charge in [0.1, 0.15) is 10.7 Å². The molecule has 20 heavy (non-hydrogen) atoms. The van der Waals surface area contributed by atoms with E-state index in [9.17, 15) is 12.8 Å². The molecule has 1 aliphatic rings. The lowest BCUT2D eigenvalue weighted by Crippen LogP contribution is -2.44. The van der Waals surface area contributed by atoms with E-state index in [1.807, 2.05) is 6.92 Å². The van der Waals surface area contributed by atoms with Crippen LogP contribution in [0.2, 0.25) is 0 Å². The van der Waals surface area contributed by atoms with E-state index in [0.717, 1.165) is 6.07 Å². The molecule has 1 N–H and O–H groups in total. The van der Waals surface area contributed by atoms with Crippen molar-refractivity contribution in [2.24, 2.45) is 11.1 Å². The van der Waals surface area contributed by atoms with E-state index in [0.29, 0.717) is 18.6 Å². The van der Waals surface area contributed by atoms with Gasteiger partial charge in [0.25, 0.3) is 0 Å². The Hall–Kier alpha value is -1.47. The molecule has 1 aliphatic heterocycles. The van der Waals surface area contributed by atoms with Crippen LogP contribution in [0.1, 0.15) is 19.8 Å². The average Bonchev–Trinajstić information content (AvgIpc) is 2.46. The molecule has 0 saturated carbocycles. The molecule has 0 aliphatic carbocycles. The predicted octanol–water partition coefficient (Wildman–Crippen LogP) is 2.08. The van der Waals surface area contributed by atoms with Crippen molar-refractivity contribution < 1.29 is 18.0 Å². The molecule has 1 unspecified atom stereocenters. The highest BCUT2D eigenvalue weighted by Crippen LogP contribution is 2.25. The van der Waals surface area contributed by atoms with Gasteiger partial charge in [0.15, 0.2) is 0 Å². The minimum atomic E-state index is -3.85. The molecule has 0 amide bonds. The molecule has 1 saturated heterocycles. The van der Waals surface area contributed by atoms with Crippen molar-refractivity contribution in [1.29, 1.82) is 0 Å². The first-order valence-electron chi connectivity index (χ1n) is 6.46. The quantitative estimate of drug-likeness (QED) is 0.686. The van der Waals surface area contributed by atoms with E-state index in [4.69, 9.17) is 5.21 Å². The highest BCUT2D eigenvalue weighted by atomic mass is 32.2. The van der Waals surface area contributed by atoms with Crippen LogP contribution in [0, 0.1) is 11.7 Å². The lowest BCUT2D eigenvalue weighted by molar-refractivity contribution is 0.295. The molecule has 1 aromatic rings. The van der Waals surface area contributed by atoms with Crippen LogP contribution in [-0.2, 0) is 10.0 Å². The van der Waals surface area contributed by atoms with E-state index in [1.165, 1.54) is 22.5 Å². The summed E-state index contributed by atoms with van der Waals surface area (Å²) in [6.45, 7) is 2.31.